The Bertz CT molecular complexity index is 1270. The zero-order valence-corrected chi connectivity index (χ0v) is 20.1. The summed E-state index contributed by atoms with van der Waals surface area (Å²) in [5.41, 5.74) is -1.44. The van der Waals surface area contributed by atoms with Crippen LogP contribution in [0.4, 0.5) is 0 Å². The number of carbonyl (C=O) groups is 3. The van der Waals surface area contributed by atoms with Crippen LogP contribution in [-0.4, -0.2) is 79.6 Å². The van der Waals surface area contributed by atoms with E-state index in [1.54, 1.807) is 0 Å². The highest BCUT2D eigenvalue weighted by molar-refractivity contribution is 5.91. The predicted molar refractivity (Wildman–Crippen MR) is 130 cm³/mol. The van der Waals surface area contributed by atoms with Gasteiger partial charge >= 0.3 is 17.9 Å². The van der Waals surface area contributed by atoms with E-state index in [1.807, 2.05) is 0 Å². The predicted octanol–water partition coefficient (Wildman–Crippen LogP) is 1.12. The van der Waals surface area contributed by atoms with Crippen LogP contribution in [0, 0.1) is 0 Å². The fourth-order valence-electron chi connectivity index (χ4n) is 3.86. The first kappa shape index (κ1) is 28.0. The SMILES string of the molecule is COC(=O)[C@]1(OC(=O)/C=C/c2ccc(O)c(O)c2)C[C@@H](O)[C@H](O)[C@@H](OC(=O)/C=C/c2ccc(O)c(O)c2)C1. The summed E-state index contributed by atoms with van der Waals surface area (Å²) in [5.74, 6) is -4.61. The van der Waals surface area contributed by atoms with E-state index in [0.717, 1.165) is 19.3 Å². The Morgan fingerprint density at radius 1 is 0.816 bits per heavy atom. The zero-order valence-electron chi connectivity index (χ0n) is 20.1. The van der Waals surface area contributed by atoms with Crippen molar-refractivity contribution in [2.45, 2.75) is 36.8 Å². The van der Waals surface area contributed by atoms with Crippen LogP contribution in [-0.2, 0) is 28.6 Å². The second-order valence-electron chi connectivity index (χ2n) is 8.51. The number of ether oxygens (including phenoxy) is 3. The number of aliphatic hydroxyl groups is 2. The van der Waals surface area contributed by atoms with Crippen LogP contribution in [0.3, 0.4) is 0 Å². The molecule has 12 nitrogen and oxygen atoms in total. The number of phenols is 4. The van der Waals surface area contributed by atoms with Gasteiger partial charge in [-0.1, -0.05) is 12.1 Å². The molecule has 0 aliphatic heterocycles. The molecule has 202 valence electrons. The highest BCUT2D eigenvalue weighted by atomic mass is 16.6. The van der Waals surface area contributed by atoms with E-state index in [-0.39, 0.29) is 11.5 Å². The summed E-state index contributed by atoms with van der Waals surface area (Å²) in [6.45, 7) is 0. The molecule has 4 atom stereocenters. The Hall–Kier alpha value is -4.55. The Morgan fingerprint density at radius 3 is 1.84 bits per heavy atom. The van der Waals surface area contributed by atoms with Gasteiger partial charge in [-0.15, -0.1) is 0 Å². The third-order valence-corrected chi connectivity index (χ3v) is 5.79. The molecule has 0 saturated heterocycles. The van der Waals surface area contributed by atoms with Crippen molar-refractivity contribution in [3.63, 3.8) is 0 Å². The molecule has 0 unspecified atom stereocenters. The van der Waals surface area contributed by atoms with Crippen LogP contribution >= 0.6 is 0 Å². The molecule has 0 spiro atoms. The van der Waals surface area contributed by atoms with Gasteiger partial charge in [0.05, 0.1) is 13.2 Å². The first-order valence-electron chi connectivity index (χ1n) is 11.2. The Labute approximate surface area is 216 Å². The lowest BCUT2D eigenvalue weighted by Crippen LogP contribution is -2.59. The summed E-state index contributed by atoms with van der Waals surface area (Å²) in [6, 6.07) is 7.59. The molecule has 3 rings (SSSR count). The van der Waals surface area contributed by atoms with Crippen molar-refractivity contribution < 1.29 is 59.2 Å². The first-order chi connectivity index (χ1) is 17.9. The third kappa shape index (κ3) is 6.60. The number of hydrogen-bond donors (Lipinski definition) is 6. The fraction of sp³-hybridized carbons (Fsp3) is 0.269. The molecule has 2 aromatic carbocycles. The number of rotatable bonds is 7. The van der Waals surface area contributed by atoms with Crippen LogP contribution in [0.1, 0.15) is 24.0 Å². The van der Waals surface area contributed by atoms with Gasteiger partial charge in [-0.05, 0) is 47.5 Å². The van der Waals surface area contributed by atoms with Gasteiger partial charge in [-0.25, -0.2) is 14.4 Å². The topological polar surface area (TPSA) is 200 Å². The van der Waals surface area contributed by atoms with Gasteiger partial charge in [-0.2, -0.15) is 0 Å². The molecule has 0 bridgehead atoms. The first-order valence-corrected chi connectivity index (χ1v) is 11.2. The summed E-state index contributed by atoms with van der Waals surface area (Å²) < 4.78 is 15.3. The van der Waals surface area contributed by atoms with Gasteiger partial charge in [0.1, 0.15) is 12.2 Å². The van der Waals surface area contributed by atoms with Crippen molar-refractivity contribution in [3.8, 4) is 23.0 Å². The molecule has 0 amide bonds. The Balaban J connectivity index is 1.76. The number of benzene rings is 2. The molecule has 0 heterocycles. The lowest BCUT2D eigenvalue weighted by molar-refractivity contribution is -0.208. The highest BCUT2D eigenvalue weighted by Crippen LogP contribution is 2.36. The number of esters is 3. The van der Waals surface area contributed by atoms with Gasteiger partial charge in [0.2, 0.25) is 5.60 Å². The molecule has 1 aliphatic carbocycles. The smallest absolute Gasteiger partial charge is 0.350 e. The van der Waals surface area contributed by atoms with Crippen molar-refractivity contribution in [1.29, 1.82) is 0 Å². The lowest BCUT2D eigenvalue weighted by atomic mass is 9.79. The molecule has 38 heavy (non-hydrogen) atoms. The minimum Gasteiger partial charge on any atom is -0.504 e. The highest BCUT2D eigenvalue weighted by Gasteiger charge is 2.54. The Morgan fingerprint density at radius 2 is 1.34 bits per heavy atom. The number of aromatic hydroxyl groups is 4. The maximum Gasteiger partial charge on any atom is 0.350 e. The molecule has 1 fully saturated rings. The zero-order chi connectivity index (χ0) is 28.0. The van der Waals surface area contributed by atoms with E-state index >= 15 is 0 Å². The average Bonchev–Trinajstić information content (AvgIpc) is 2.87. The number of phenolic OH excluding ortho intramolecular Hbond substituents is 4. The molecule has 12 heteroatoms. The molecule has 6 N–H and O–H groups in total. The second kappa shape index (κ2) is 11.7. The standard InChI is InChI=1S/C26H26O12/c1-36-25(35)26(38-23(33)9-5-15-3-7-17(28)19(30)11-15)12-20(31)24(34)21(13-26)37-22(32)8-4-14-2-6-16(27)18(29)10-14/h2-11,20-21,24,27-31,34H,12-13H2,1H3/b8-4+,9-5+/t20-,21+,24+,26+/m1/s1. The molecular weight excluding hydrogens is 504 g/mol. The number of hydrogen-bond acceptors (Lipinski definition) is 12. The maximum absolute atomic E-state index is 12.7. The summed E-state index contributed by atoms with van der Waals surface area (Å²) in [7, 11) is 1.03. The molecule has 0 aromatic heterocycles. The van der Waals surface area contributed by atoms with E-state index in [9.17, 15) is 45.0 Å². The summed E-state index contributed by atoms with van der Waals surface area (Å²) >= 11 is 0. The molecular formula is C26H26O12. The molecule has 2 aromatic rings. The van der Waals surface area contributed by atoms with E-state index in [2.05, 4.69) is 0 Å². The normalized spacial score (nSPS) is 23.3. The monoisotopic (exact) mass is 530 g/mol. The van der Waals surface area contributed by atoms with E-state index < -0.39 is 66.2 Å². The summed E-state index contributed by atoms with van der Waals surface area (Å²) in [5, 5.41) is 58.7. The van der Waals surface area contributed by atoms with Crippen molar-refractivity contribution >= 4 is 30.1 Å². The van der Waals surface area contributed by atoms with Crippen molar-refractivity contribution in [2.24, 2.45) is 0 Å². The van der Waals surface area contributed by atoms with Crippen molar-refractivity contribution in [1.82, 2.24) is 0 Å². The minimum atomic E-state index is -2.11. The van der Waals surface area contributed by atoms with Gasteiger partial charge in [0.25, 0.3) is 0 Å². The average molecular weight is 530 g/mol. The summed E-state index contributed by atoms with van der Waals surface area (Å²) in [6.07, 6.45) is -1.41. The van der Waals surface area contributed by atoms with E-state index in [0.29, 0.717) is 11.1 Å². The quantitative estimate of drug-likeness (QED) is 0.129. The van der Waals surface area contributed by atoms with Gasteiger partial charge < -0.3 is 44.8 Å². The largest absolute Gasteiger partial charge is 0.504 e. The number of aliphatic hydroxyl groups excluding tert-OH is 2. The second-order valence-corrected chi connectivity index (χ2v) is 8.51. The van der Waals surface area contributed by atoms with Gasteiger partial charge in [0.15, 0.2) is 23.0 Å². The minimum absolute atomic E-state index is 0.323. The van der Waals surface area contributed by atoms with Crippen LogP contribution < -0.4 is 0 Å². The van der Waals surface area contributed by atoms with E-state index in [4.69, 9.17) is 14.2 Å². The van der Waals surface area contributed by atoms with Crippen LogP contribution in [0.5, 0.6) is 23.0 Å². The molecule has 1 aliphatic rings. The fourth-order valence-corrected chi connectivity index (χ4v) is 3.86. The van der Waals surface area contributed by atoms with Gasteiger partial charge in [0, 0.05) is 25.0 Å². The molecule has 1 saturated carbocycles. The van der Waals surface area contributed by atoms with E-state index in [1.165, 1.54) is 48.6 Å². The van der Waals surface area contributed by atoms with Gasteiger partial charge in [-0.3, -0.25) is 0 Å². The summed E-state index contributed by atoms with van der Waals surface area (Å²) in [4.78, 5) is 37.6. The van der Waals surface area contributed by atoms with Crippen molar-refractivity contribution in [2.75, 3.05) is 7.11 Å². The van der Waals surface area contributed by atoms with Crippen LogP contribution in [0.25, 0.3) is 12.2 Å². The lowest BCUT2D eigenvalue weighted by Gasteiger charge is -2.41. The molecule has 0 radical (unpaired) electrons. The van der Waals surface area contributed by atoms with Crippen LogP contribution in [0.2, 0.25) is 0 Å². The third-order valence-electron chi connectivity index (χ3n) is 5.79. The maximum atomic E-state index is 12.7. The van der Waals surface area contributed by atoms with Crippen molar-refractivity contribution in [3.05, 3.63) is 59.7 Å². The Kier molecular flexibility index (Phi) is 8.61. The van der Waals surface area contributed by atoms with Crippen LogP contribution in [0.15, 0.2) is 48.6 Å². The number of methoxy groups -OCH3 is 1. The number of carbonyl (C=O) groups excluding carboxylic acids is 3.